The van der Waals surface area contributed by atoms with Crippen LogP contribution in [-0.4, -0.2) is 9.97 Å². The van der Waals surface area contributed by atoms with E-state index in [-0.39, 0.29) is 6.61 Å². The molecule has 0 aliphatic rings. The number of nitrogens with zero attached hydrogens (tertiary/aromatic N) is 2. The molecule has 0 fully saturated rings. The normalized spacial score (nSPS) is 10.1. The van der Waals surface area contributed by atoms with Crippen molar-refractivity contribution in [3.8, 4) is 5.88 Å². The average molecular weight is 222 g/mol. The van der Waals surface area contributed by atoms with Crippen molar-refractivity contribution in [2.45, 2.75) is 6.61 Å². The number of halogens is 2. The minimum Gasteiger partial charge on any atom is -0.472 e. The minimum absolute atomic E-state index is 0.121. The van der Waals surface area contributed by atoms with Crippen LogP contribution in [0.15, 0.2) is 36.8 Å². The molecular weight excluding hydrogens is 214 g/mol. The van der Waals surface area contributed by atoms with Gasteiger partial charge in [-0.1, -0.05) is 6.07 Å². The molecule has 2 aromatic rings. The van der Waals surface area contributed by atoms with Crippen molar-refractivity contribution in [2.24, 2.45) is 0 Å². The van der Waals surface area contributed by atoms with Crippen molar-refractivity contribution in [1.29, 1.82) is 0 Å². The molecule has 2 rings (SSSR count). The van der Waals surface area contributed by atoms with E-state index >= 15 is 0 Å². The molecule has 5 heteroatoms. The van der Waals surface area contributed by atoms with Crippen LogP contribution >= 0.6 is 0 Å². The van der Waals surface area contributed by atoms with Crippen LogP contribution < -0.4 is 4.74 Å². The van der Waals surface area contributed by atoms with Crippen molar-refractivity contribution in [3.63, 3.8) is 0 Å². The number of hydrogen-bond acceptors (Lipinski definition) is 3. The van der Waals surface area contributed by atoms with Gasteiger partial charge in [-0.25, -0.2) is 13.8 Å². The predicted molar refractivity (Wildman–Crippen MR) is 52.7 cm³/mol. The van der Waals surface area contributed by atoms with E-state index in [0.29, 0.717) is 11.4 Å². The van der Waals surface area contributed by atoms with Gasteiger partial charge >= 0.3 is 0 Å². The van der Waals surface area contributed by atoms with E-state index in [1.54, 1.807) is 0 Å². The molecule has 0 radical (unpaired) electrons. The van der Waals surface area contributed by atoms with E-state index in [4.69, 9.17) is 4.74 Å². The summed E-state index contributed by atoms with van der Waals surface area (Å²) in [6, 6.07) is 3.60. The molecule has 82 valence electrons. The lowest BCUT2D eigenvalue weighted by molar-refractivity contribution is 0.291. The maximum absolute atomic E-state index is 12.8. The van der Waals surface area contributed by atoms with Gasteiger partial charge in [-0.15, -0.1) is 0 Å². The lowest BCUT2D eigenvalue weighted by Gasteiger charge is -2.04. The lowest BCUT2D eigenvalue weighted by atomic mass is 10.2. The molecule has 1 aromatic heterocycles. The van der Waals surface area contributed by atoms with Gasteiger partial charge in [0.25, 0.3) is 0 Å². The van der Waals surface area contributed by atoms with Gasteiger partial charge in [-0.2, -0.15) is 0 Å². The number of aromatic nitrogens is 2. The molecule has 0 bridgehead atoms. The Morgan fingerprint density at radius 1 is 1.12 bits per heavy atom. The summed E-state index contributed by atoms with van der Waals surface area (Å²) in [5, 5.41) is 0. The molecule has 0 amide bonds. The van der Waals surface area contributed by atoms with Crippen molar-refractivity contribution >= 4 is 0 Å². The van der Waals surface area contributed by atoms with Crippen molar-refractivity contribution < 1.29 is 13.5 Å². The van der Waals surface area contributed by atoms with E-state index in [1.807, 2.05) is 0 Å². The van der Waals surface area contributed by atoms with Gasteiger partial charge in [0, 0.05) is 12.4 Å². The standard InChI is InChI=1S/C11H8F2N2O/c12-9-2-1-8(5-10(9)13)7-16-11-6-14-3-4-15-11/h1-6H,7H2. The molecule has 0 N–H and O–H groups in total. The van der Waals surface area contributed by atoms with Crippen molar-refractivity contribution in [2.75, 3.05) is 0 Å². The second-order valence-corrected chi connectivity index (χ2v) is 3.08. The summed E-state index contributed by atoms with van der Waals surface area (Å²) < 4.78 is 30.7. The molecule has 0 aliphatic carbocycles. The van der Waals surface area contributed by atoms with Crippen molar-refractivity contribution in [1.82, 2.24) is 9.97 Å². The first-order chi connectivity index (χ1) is 7.75. The maximum atomic E-state index is 12.8. The molecule has 1 heterocycles. The summed E-state index contributed by atoms with van der Waals surface area (Å²) >= 11 is 0. The topological polar surface area (TPSA) is 35.0 Å². The summed E-state index contributed by atoms with van der Waals surface area (Å²) in [6.45, 7) is 0.121. The Labute approximate surface area is 90.7 Å². The van der Waals surface area contributed by atoms with E-state index in [2.05, 4.69) is 9.97 Å². The van der Waals surface area contributed by atoms with Crippen LogP contribution in [0.1, 0.15) is 5.56 Å². The Balaban J connectivity index is 2.03. The van der Waals surface area contributed by atoms with Crippen LogP contribution in [0.2, 0.25) is 0 Å². The van der Waals surface area contributed by atoms with Gasteiger partial charge in [0.1, 0.15) is 6.61 Å². The van der Waals surface area contributed by atoms with E-state index in [0.717, 1.165) is 12.1 Å². The summed E-state index contributed by atoms with van der Waals surface area (Å²) in [7, 11) is 0. The molecule has 0 saturated heterocycles. The monoisotopic (exact) mass is 222 g/mol. The smallest absolute Gasteiger partial charge is 0.232 e. The van der Waals surface area contributed by atoms with Crippen LogP contribution in [0.4, 0.5) is 8.78 Å². The van der Waals surface area contributed by atoms with Crippen LogP contribution in [-0.2, 0) is 6.61 Å². The maximum Gasteiger partial charge on any atom is 0.232 e. The zero-order valence-corrected chi connectivity index (χ0v) is 8.23. The van der Waals surface area contributed by atoms with Gasteiger partial charge in [-0.05, 0) is 17.7 Å². The quantitative estimate of drug-likeness (QED) is 0.799. The molecule has 0 unspecified atom stereocenters. The Kier molecular flexibility index (Phi) is 3.05. The summed E-state index contributed by atoms with van der Waals surface area (Å²) in [6.07, 6.45) is 4.45. The molecular formula is C11H8F2N2O. The molecule has 1 aromatic carbocycles. The summed E-state index contributed by atoms with van der Waals surface area (Å²) in [5.74, 6) is -1.42. The highest BCUT2D eigenvalue weighted by Crippen LogP contribution is 2.11. The van der Waals surface area contributed by atoms with Crippen LogP contribution in [0, 0.1) is 11.6 Å². The summed E-state index contributed by atoms with van der Waals surface area (Å²) in [4.78, 5) is 7.69. The largest absolute Gasteiger partial charge is 0.472 e. The SMILES string of the molecule is Fc1ccc(COc2cnccn2)cc1F. The van der Waals surface area contributed by atoms with E-state index < -0.39 is 11.6 Å². The van der Waals surface area contributed by atoms with Crippen LogP contribution in [0.25, 0.3) is 0 Å². The zero-order chi connectivity index (χ0) is 11.4. The van der Waals surface area contributed by atoms with Crippen molar-refractivity contribution in [3.05, 3.63) is 54.0 Å². The lowest BCUT2D eigenvalue weighted by Crippen LogP contribution is -1.98. The third-order valence-electron chi connectivity index (χ3n) is 1.91. The average Bonchev–Trinajstić information content (AvgIpc) is 2.32. The third-order valence-corrected chi connectivity index (χ3v) is 1.91. The number of benzene rings is 1. The first-order valence-electron chi connectivity index (χ1n) is 4.58. The first kappa shape index (κ1) is 10.5. The first-order valence-corrected chi connectivity index (χ1v) is 4.58. The highest BCUT2D eigenvalue weighted by atomic mass is 19.2. The van der Waals surface area contributed by atoms with E-state index in [1.165, 1.54) is 24.7 Å². The second kappa shape index (κ2) is 4.65. The molecule has 3 nitrogen and oxygen atoms in total. The Morgan fingerprint density at radius 2 is 2.00 bits per heavy atom. The van der Waals surface area contributed by atoms with E-state index in [9.17, 15) is 8.78 Å². The fourth-order valence-electron chi connectivity index (χ4n) is 1.15. The summed E-state index contributed by atoms with van der Waals surface area (Å²) in [5.41, 5.74) is 0.532. The highest BCUT2D eigenvalue weighted by Gasteiger charge is 2.03. The molecule has 16 heavy (non-hydrogen) atoms. The fraction of sp³-hybridized carbons (Fsp3) is 0.0909. The Bertz CT molecular complexity index is 477. The van der Waals surface area contributed by atoms with Gasteiger partial charge in [0.2, 0.25) is 5.88 Å². The van der Waals surface area contributed by atoms with Gasteiger partial charge in [0.15, 0.2) is 11.6 Å². The molecule has 0 aliphatic heterocycles. The Hall–Kier alpha value is -2.04. The Morgan fingerprint density at radius 3 is 2.69 bits per heavy atom. The van der Waals surface area contributed by atoms with Gasteiger partial charge < -0.3 is 4.74 Å². The minimum atomic E-state index is -0.889. The third kappa shape index (κ3) is 2.50. The van der Waals surface area contributed by atoms with Gasteiger partial charge in [0.05, 0.1) is 6.20 Å². The molecule has 0 atom stereocenters. The number of hydrogen-bond donors (Lipinski definition) is 0. The second-order valence-electron chi connectivity index (χ2n) is 3.08. The number of rotatable bonds is 3. The van der Waals surface area contributed by atoms with Crippen LogP contribution in [0.5, 0.6) is 5.88 Å². The highest BCUT2D eigenvalue weighted by molar-refractivity contribution is 5.17. The van der Waals surface area contributed by atoms with Gasteiger partial charge in [-0.3, -0.25) is 4.98 Å². The predicted octanol–water partition coefficient (Wildman–Crippen LogP) is 2.33. The molecule has 0 spiro atoms. The molecule has 0 saturated carbocycles. The van der Waals surface area contributed by atoms with Crippen LogP contribution in [0.3, 0.4) is 0 Å². The fourth-order valence-corrected chi connectivity index (χ4v) is 1.15. The zero-order valence-electron chi connectivity index (χ0n) is 8.23. The number of ether oxygens (including phenoxy) is 1.